The van der Waals surface area contributed by atoms with Gasteiger partial charge in [0.15, 0.2) is 0 Å². The Kier molecular flexibility index (Phi) is 4.56. The lowest BCUT2D eigenvalue weighted by atomic mass is 10.3. The van der Waals surface area contributed by atoms with E-state index >= 15 is 0 Å². The molecule has 0 aliphatic heterocycles. The van der Waals surface area contributed by atoms with Crippen molar-refractivity contribution in [3.63, 3.8) is 0 Å². The molecule has 0 radical (unpaired) electrons. The fourth-order valence-electron chi connectivity index (χ4n) is 2.36. The monoisotopic (exact) mass is 332 g/mol. The highest BCUT2D eigenvalue weighted by Crippen LogP contribution is 2.37. The summed E-state index contributed by atoms with van der Waals surface area (Å²) in [5.74, 6) is 0.650. The summed E-state index contributed by atoms with van der Waals surface area (Å²) in [4.78, 5) is 36.6. The highest BCUT2D eigenvalue weighted by molar-refractivity contribution is 7.11. The molecule has 7 heteroatoms. The quantitative estimate of drug-likeness (QED) is 0.849. The first kappa shape index (κ1) is 15.9. The Balaban J connectivity index is 1.66. The second kappa shape index (κ2) is 6.62. The number of aromatic amines is 1. The molecule has 0 bridgehead atoms. The lowest BCUT2D eigenvalue weighted by molar-refractivity contribution is 0.0949. The molecule has 0 atom stereocenters. The minimum atomic E-state index is -0.397. The van der Waals surface area contributed by atoms with Crippen LogP contribution in [0.1, 0.15) is 63.9 Å². The van der Waals surface area contributed by atoms with E-state index in [4.69, 9.17) is 0 Å². The molecule has 23 heavy (non-hydrogen) atoms. The molecule has 1 aliphatic carbocycles. The van der Waals surface area contributed by atoms with Crippen LogP contribution < -0.4 is 10.9 Å². The van der Waals surface area contributed by atoms with Gasteiger partial charge in [-0.1, -0.05) is 6.92 Å². The predicted molar refractivity (Wildman–Crippen MR) is 88.8 cm³/mol. The summed E-state index contributed by atoms with van der Waals surface area (Å²) >= 11 is 1.61. The van der Waals surface area contributed by atoms with Gasteiger partial charge in [0.2, 0.25) is 0 Å². The third kappa shape index (κ3) is 3.67. The Labute approximate surface area is 138 Å². The van der Waals surface area contributed by atoms with Gasteiger partial charge in [0.05, 0.1) is 17.2 Å². The zero-order valence-electron chi connectivity index (χ0n) is 13.3. The fraction of sp³-hybridized carbons (Fsp3) is 0.500. The van der Waals surface area contributed by atoms with Crippen LogP contribution in [-0.2, 0) is 13.0 Å². The second-order valence-electron chi connectivity index (χ2n) is 5.83. The number of carbonyl (C=O) groups excluding carboxylic acids is 1. The Morgan fingerprint density at radius 2 is 2.26 bits per heavy atom. The highest BCUT2D eigenvalue weighted by Gasteiger charge is 2.26. The number of nitrogens with one attached hydrogen (secondary N) is 2. The van der Waals surface area contributed by atoms with E-state index in [0.29, 0.717) is 18.3 Å². The molecule has 0 spiro atoms. The molecule has 3 rings (SSSR count). The fourth-order valence-corrected chi connectivity index (χ4v) is 3.47. The van der Waals surface area contributed by atoms with Gasteiger partial charge in [-0.05, 0) is 32.6 Å². The lowest BCUT2D eigenvalue weighted by Gasteiger charge is -2.04. The van der Waals surface area contributed by atoms with Gasteiger partial charge in [0, 0.05) is 17.0 Å². The molecule has 2 aromatic heterocycles. The van der Waals surface area contributed by atoms with Gasteiger partial charge in [-0.2, -0.15) is 0 Å². The van der Waals surface area contributed by atoms with Gasteiger partial charge >= 0.3 is 0 Å². The van der Waals surface area contributed by atoms with Crippen molar-refractivity contribution in [3.8, 4) is 0 Å². The van der Waals surface area contributed by atoms with Crippen LogP contribution in [0.4, 0.5) is 0 Å². The lowest BCUT2D eigenvalue weighted by Crippen LogP contribution is -2.30. The largest absolute Gasteiger partial charge is 0.347 e. The first-order valence-corrected chi connectivity index (χ1v) is 8.72. The standard InChI is InChI=1S/C16H20N4O2S/c1-3-4-13-19-9(2)12(23-13)8-18-15(21)11-7-17-14(10-5-6-10)20-16(11)22/h7,10H,3-6,8H2,1-2H3,(H,18,21)(H,17,20,22). The zero-order chi connectivity index (χ0) is 16.4. The van der Waals surface area contributed by atoms with Crippen molar-refractivity contribution in [2.75, 3.05) is 0 Å². The first-order chi connectivity index (χ1) is 11.1. The average Bonchev–Trinajstić information content (AvgIpc) is 3.30. The summed E-state index contributed by atoms with van der Waals surface area (Å²) in [7, 11) is 0. The third-order valence-corrected chi connectivity index (χ3v) is 5.06. The van der Waals surface area contributed by atoms with Crippen LogP contribution in [0.5, 0.6) is 0 Å². The van der Waals surface area contributed by atoms with Crippen LogP contribution >= 0.6 is 11.3 Å². The van der Waals surface area contributed by atoms with E-state index in [1.807, 2.05) is 6.92 Å². The van der Waals surface area contributed by atoms with Crippen LogP contribution in [-0.4, -0.2) is 20.9 Å². The normalized spacial score (nSPS) is 14.0. The summed E-state index contributed by atoms with van der Waals surface area (Å²) in [6, 6.07) is 0. The number of hydrogen-bond acceptors (Lipinski definition) is 5. The Hall–Kier alpha value is -2.02. The summed E-state index contributed by atoms with van der Waals surface area (Å²) in [6.45, 7) is 4.44. The summed E-state index contributed by atoms with van der Waals surface area (Å²) in [5.41, 5.74) is 0.632. The maximum Gasteiger partial charge on any atom is 0.263 e. The Bertz CT molecular complexity index is 777. The number of thiazole rings is 1. The number of nitrogens with zero attached hydrogens (tertiary/aromatic N) is 2. The summed E-state index contributed by atoms with van der Waals surface area (Å²) in [5, 5.41) is 3.87. The number of H-pyrrole nitrogens is 1. The molecule has 1 aliphatic rings. The zero-order valence-corrected chi connectivity index (χ0v) is 14.1. The van der Waals surface area contributed by atoms with Crippen molar-refractivity contribution in [1.29, 1.82) is 0 Å². The molecule has 6 nitrogen and oxygen atoms in total. The van der Waals surface area contributed by atoms with E-state index < -0.39 is 5.91 Å². The smallest absolute Gasteiger partial charge is 0.263 e. The SMILES string of the molecule is CCCc1nc(C)c(CNC(=O)c2cnc(C3CC3)[nH]c2=O)s1. The molecule has 2 heterocycles. The van der Waals surface area contributed by atoms with Gasteiger partial charge in [0.25, 0.3) is 11.5 Å². The van der Waals surface area contributed by atoms with Crippen LogP contribution in [0.15, 0.2) is 11.0 Å². The van der Waals surface area contributed by atoms with Gasteiger partial charge in [-0.15, -0.1) is 11.3 Å². The van der Waals surface area contributed by atoms with Crippen molar-refractivity contribution in [3.05, 3.63) is 43.5 Å². The van der Waals surface area contributed by atoms with Crippen LogP contribution in [0, 0.1) is 6.92 Å². The molecule has 122 valence electrons. The highest BCUT2D eigenvalue weighted by atomic mass is 32.1. The Morgan fingerprint density at radius 1 is 1.48 bits per heavy atom. The summed E-state index contributed by atoms with van der Waals surface area (Å²) in [6.07, 6.45) is 5.49. The number of carbonyl (C=O) groups is 1. The van der Waals surface area contributed by atoms with Gasteiger partial charge in [-0.25, -0.2) is 9.97 Å². The number of aryl methyl sites for hydroxylation is 2. The average molecular weight is 332 g/mol. The number of aromatic nitrogens is 3. The number of rotatable bonds is 6. The van der Waals surface area contributed by atoms with E-state index in [9.17, 15) is 9.59 Å². The van der Waals surface area contributed by atoms with E-state index in [2.05, 4.69) is 27.2 Å². The minimum absolute atomic E-state index is 0.0605. The minimum Gasteiger partial charge on any atom is -0.347 e. The van der Waals surface area contributed by atoms with Crippen molar-refractivity contribution in [1.82, 2.24) is 20.3 Å². The number of hydrogen-bond donors (Lipinski definition) is 2. The number of amides is 1. The molecule has 0 unspecified atom stereocenters. The first-order valence-electron chi connectivity index (χ1n) is 7.91. The molecule has 0 aromatic carbocycles. The Morgan fingerprint density at radius 3 is 2.91 bits per heavy atom. The van der Waals surface area contributed by atoms with E-state index in [0.717, 1.165) is 41.3 Å². The maximum absolute atomic E-state index is 12.2. The van der Waals surface area contributed by atoms with Crippen LogP contribution in [0.3, 0.4) is 0 Å². The van der Waals surface area contributed by atoms with Gasteiger partial charge < -0.3 is 10.3 Å². The van der Waals surface area contributed by atoms with E-state index in [1.54, 1.807) is 11.3 Å². The van der Waals surface area contributed by atoms with Crippen molar-refractivity contribution in [2.45, 2.75) is 52.0 Å². The van der Waals surface area contributed by atoms with Crippen molar-refractivity contribution >= 4 is 17.2 Å². The molecular weight excluding hydrogens is 312 g/mol. The van der Waals surface area contributed by atoms with Crippen LogP contribution in [0.25, 0.3) is 0 Å². The summed E-state index contributed by atoms with van der Waals surface area (Å²) < 4.78 is 0. The molecule has 2 N–H and O–H groups in total. The molecule has 0 saturated heterocycles. The molecule has 1 fully saturated rings. The topological polar surface area (TPSA) is 87.7 Å². The molecule has 1 amide bonds. The second-order valence-corrected chi connectivity index (χ2v) is 7.00. The van der Waals surface area contributed by atoms with Crippen LogP contribution in [0.2, 0.25) is 0 Å². The predicted octanol–water partition coefficient (Wildman–Crippen LogP) is 2.29. The molecular formula is C16H20N4O2S. The maximum atomic E-state index is 12.2. The van der Waals surface area contributed by atoms with Gasteiger partial charge in [-0.3, -0.25) is 9.59 Å². The third-order valence-electron chi connectivity index (χ3n) is 3.84. The van der Waals surface area contributed by atoms with Crippen molar-refractivity contribution in [2.24, 2.45) is 0 Å². The van der Waals surface area contributed by atoms with Gasteiger partial charge in [0.1, 0.15) is 11.4 Å². The molecule has 1 saturated carbocycles. The van der Waals surface area contributed by atoms with E-state index in [-0.39, 0.29) is 11.1 Å². The van der Waals surface area contributed by atoms with Crippen molar-refractivity contribution < 1.29 is 4.79 Å². The molecule has 2 aromatic rings. The van der Waals surface area contributed by atoms with E-state index in [1.165, 1.54) is 6.20 Å².